The molecule has 29 heavy (non-hydrogen) atoms. The number of alkyl halides is 3. The van der Waals surface area contributed by atoms with E-state index in [0.29, 0.717) is 17.7 Å². The van der Waals surface area contributed by atoms with Crippen LogP contribution in [-0.4, -0.2) is 29.2 Å². The SMILES string of the molecule is CCCCCOc1cccc2ccc([C@H](N3NC(=O)CC3(C)C)C(F)(F)F)cc12. The van der Waals surface area contributed by atoms with E-state index in [1.807, 2.05) is 12.1 Å². The quantitative estimate of drug-likeness (QED) is 0.613. The number of hydrazine groups is 1. The number of amides is 1. The van der Waals surface area contributed by atoms with Gasteiger partial charge in [0.1, 0.15) is 5.75 Å². The zero-order chi connectivity index (χ0) is 21.2. The van der Waals surface area contributed by atoms with Gasteiger partial charge in [-0.2, -0.15) is 18.2 Å². The second-order valence-electron chi connectivity index (χ2n) is 8.13. The first-order valence-corrected chi connectivity index (χ1v) is 9.94. The van der Waals surface area contributed by atoms with Gasteiger partial charge in [0.25, 0.3) is 0 Å². The maximum Gasteiger partial charge on any atom is 0.409 e. The summed E-state index contributed by atoms with van der Waals surface area (Å²) in [7, 11) is 0. The Morgan fingerprint density at radius 3 is 2.59 bits per heavy atom. The number of nitrogens with one attached hydrogen (secondary N) is 1. The molecule has 158 valence electrons. The predicted octanol–water partition coefficient (Wildman–Crippen LogP) is 5.53. The van der Waals surface area contributed by atoms with Crippen LogP contribution in [0.2, 0.25) is 0 Å². The molecule has 0 bridgehead atoms. The summed E-state index contributed by atoms with van der Waals surface area (Å²) in [5, 5.41) is 2.48. The zero-order valence-electron chi connectivity index (χ0n) is 17.0. The van der Waals surface area contributed by atoms with Crippen molar-refractivity contribution in [1.82, 2.24) is 10.4 Å². The molecular formula is C22H27F3N2O2. The summed E-state index contributed by atoms with van der Waals surface area (Å²) in [6.45, 7) is 5.88. The molecule has 0 aliphatic carbocycles. The predicted molar refractivity (Wildman–Crippen MR) is 106 cm³/mol. The van der Waals surface area contributed by atoms with Crippen LogP contribution in [-0.2, 0) is 4.79 Å². The fraction of sp³-hybridized carbons (Fsp3) is 0.500. The number of halogens is 3. The van der Waals surface area contributed by atoms with E-state index >= 15 is 0 Å². The molecule has 1 heterocycles. The molecule has 0 aromatic heterocycles. The number of nitrogens with zero attached hydrogens (tertiary/aromatic N) is 1. The molecule has 3 rings (SSSR count). The van der Waals surface area contributed by atoms with E-state index < -0.39 is 23.7 Å². The normalized spacial score (nSPS) is 18.1. The zero-order valence-corrected chi connectivity index (χ0v) is 17.0. The van der Waals surface area contributed by atoms with Gasteiger partial charge in [-0.15, -0.1) is 0 Å². The standard InChI is InChI=1S/C22H27F3N2O2/c1-4-5-6-12-29-18-9-7-8-15-10-11-16(13-17(15)18)20(22(23,24)25)27-21(2,3)14-19(28)26-27/h7-11,13,20H,4-6,12,14H2,1-3H3,(H,26,28)/t20-/m0/s1. The van der Waals surface area contributed by atoms with Crippen molar-refractivity contribution in [3.63, 3.8) is 0 Å². The molecule has 1 fully saturated rings. The average Bonchev–Trinajstić information content (AvgIpc) is 2.89. The van der Waals surface area contributed by atoms with Crippen molar-refractivity contribution in [2.45, 2.75) is 64.2 Å². The van der Waals surface area contributed by atoms with Crippen LogP contribution in [0.25, 0.3) is 10.8 Å². The molecule has 2 aromatic rings. The molecule has 1 atom stereocenters. The van der Waals surface area contributed by atoms with Crippen LogP contribution in [0.3, 0.4) is 0 Å². The van der Waals surface area contributed by atoms with Gasteiger partial charge in [-0.3, -0.25) is 10.2 Å². The van der Waals surface area contributed by atoms with Gasteiger partial charge >= 0.3 is 6.18 Å². The van der Waals surface area contributed by atoms with Gasteiger partial charge in [-0.1, -0.05) is 44.0 Å². The Morgan fingerprint density at radius 2 is 1.97 bits per heavy atom. The van der Waals surface area contributed by atoms with Gasteiger partial charge in [0.05, 0.1) is 6.61 Å². The van der Waals surface area contributed by atoms with Crippen LogP contribution in [0.15, 0.2) is 36.4 Å². The lowest BCUT2D eigenvalue weighted by atomic mass is 9.95. The Bertz CT molecular complexity index is 880. The molecule has 0 radical (unpaired) electrons. The highest BCUT2D eigenvalue weighted by atomic mass is 19.4. The molecule has 1 saturated heterocycles. The first-order chi connectivity index (χ1) is 13.6. The fourth-order valence-electron chi connectivity index (χ4n) is 3.79. The molecule has 7 heteroatoms. The van der Waals surface area contributed by atoms with Crippen LogP contribution >= 0.6 is 0 Å². The maximum absolute atomic E-state index is 14.1. The second-order valence-corrected chi connectivity index (χ2v) is 8.13. The summed E-state index contributed by atoms with van der Waals surface area (Å²) < 4.78 is 48.1. The average molecular weight is 408 g/mol. The Hall–Kier alpha value is -2.28. The Labute approximate surface area is 169 Å². The summed E-state index contributed by atoms with van der Waals surface area (Å²) in [6.07, 6.45) is -1.55. The number of carbonyl (C=O) groups excluding carboxylic acids is 1. The molecule has 1 N–H and O–H groups in total. The van der Waals surface area contributed by atoms with E-state index in [0.717, 1.165) is 29.7 Å². The minimum atomic E-state index is -4.56. The van der Waals surface area contributed by atoms with Crippen molar-refractivity contribution >= 4 is 16.7 Å². The highest BCUT2D eigenvalue weighted by Gasteiger charge is 2.53. The summed E-state index contributed by atoms with van der Waals surface area (Å²) in [4.78, 5) is 11.8. The highest BCUT2D eigenvalue weighted by molar-refractivity contribution is 5.89. The van der Waals surface area contributed by atoms with Crippen molar-refractivity contribution in [1.29, 1.82) is 0 Å². The summed E-state index contributed by atoms with van der Waals surface area (Å²) in [5.74, 6) is 0.163. The number of unbranched alkanes of at least 4 members (excludes halogenated alkanes) is 2. The lowest BCUT2D eigenvalue weighted by Crippen LogP contribution is -2.51. The molecular weight excluding hydrogens is 381 g/mol. The molecule has 0 unspecified atom stereocenters. The number of carbonyl (C=O) groups is 1. The van der Waals surface area contributed by atoms with Crippen molar-refractivity contribution in [2.24, 2.45) is 0 Å². The Kier molecular flexibility index (Phi) is 6.08. The maximum atomic E-state index is 14.1. The number of hydrogen-bond donors (Lipinski definition) is 1. The monoisotopic (exact) mass is 408 g/mol. The van der Waals surface area contributed by atoms with E-state index in [2.05, 4.69) is 12.3 Å². The largest absolute Gasteiger partial charge is 0.493 e. The second kappa shape index (κ2) is 8.22. The van der Waals surface area contributed by atoms with Crippen LogP contribution in [0.1, 0.15) is 58.1 Å². The third-order valence-electron chi connectivity index (χ3n) is 5.25. The van der Waals surface area contributed by atoms with Crippen LogP contribution in [0.4, 0.5) is 13.2 Å². The molecule has 1 aliphatic heterocycles. The van der Waals surface area contributed by atoms with Gasteiger partial charge in [-0.25, -0.2) is 0 Å². The Balaban J connectivity index is 2.00. The number of rotatable bonds is 7. The topological polar surface area (TPSA) is 41.6 Å². The van der Waals surface area contributed by atoms with Crippen LogP contribution < -0.4 is 10.2 Å². The minimum Gasteiger partial charge on any atom is -0.493 e. The van der Waals surface area contributed by atoms with E-state index in [1.54, 1.807) is 26.0 Å². The minimum absolute atomic E-state index is 0.0128. The number of benzene rings is 2. The van der Waals surface area contributed by atoms with Crippen molar-refractivity contribution < 1.29 is 22.7 Å². The van der Waals surface area contributed by atoms with Gasteiger partial charge in [0, 0.05) is 17.3 Å². The first kappa shape index (κ1) is 21.4. The van der Waals surface area contributed by atoms with Crippen LogP contribution in [0, 0.1) is 0 Å². The number of fused-ring (bicyclic) bond motifs is 1. The third-order valence-corrected chi connectivity index (χ3v) is 5.25. The van der Waals surface area contributed by atoms with Crippen LogP contribution in [0.5, 0.6) is 5.75 Å². The number of hydrogen-bond acceptors (Lipinski definition) is 3. The van der Waals surface area contributed by atoms with Gasteiger partial charge < -0.3 is 4.74 Å². The van der Waals surface area contributed by atoms with Gasteiger partial charge in [0.15, 0.2) is 6.04 Å². The van der Waals surface area contributed by atoms with E-state index in [1.165, 1.54) is 12.1 Å². The van der Waals surface area contributed by atoms with E-state index in [-0.39, 0.29) is 12.0 Å². The third kappa shape index (κ3) is 4.66. The van der Waals surface area contributed by atoms with Gasteiger partial charge in [-0.05, 0) is 43.4 Å². The smallest absolute Gasteiger partial charge is 0.409 e. The number of ether oxygens (including phenoxy) is 1. The van der Waals surface area contributed by atoms with E-state index in [4.69, 9.17) is 4.74 Å². The molecule has 1 aliphatic rings. The lowest BCUT2D eigenvalue weighted by molar-refractivity contribution is -0.203. The first-order valence-electron chi connectivity index (χ1n) is 9.94. The molecule has 0 saturated carbocycles. The fourth-order valence-corrected chi connectivity index (χ4v) is 3.79. The van der Waals surface area contributed by atoms with Crippen molar-refractivity contribution in [2.75, 3.05) is 6.61 Å². The molecule has 1 amide bonds. The Morgan fingerprint density at radius 1 is 1.21 bits per heavy atom. The summed E-state index contributed by atoms with van der Waals surface area (Å²) in [5.41, 5.74) is 1.52. The molecule has 2 aromatic carbocycles. The van der Waals surface area contributed by atoms with Crippen molar-refractivity contribution in [3.05, 3.63) is 42.0 Å². The highest BCUT2D eigenvalue weighted by Crippen LogP contribution is 2.43. The molecule has 4 nitrogen and oxygen atoms in total. The van der Waals surface area contributed by atoms with Crippen molar-refractivity contribution in [3.8, 4) is 5.75 Å². The summed E-state index contributed by atoms with van der Waals surface area (Å²) >= 11 is 0. The summed E-state index contributed by atoms with van der Waals surface area (Å²) in [6, 6.07) is 8.20. The van der Waals surface area contributed by atoms with Gasteiger partial charge in [0.2, 0.25) is 5.91 Å². The van der Waals surface area contributed by atoms with E-state index in [9.17, 15) is 18.0 Å². The molecule has 0 spiro atoms. The lowest BCUT2D eigenvalue weighted by Gasteiger charge is -2.38.